The Labute approximate surface area is 124 Å². The number of esters is 1. The molecule has 0 aliphatic heterocycles. The van der Waals surface area contributed by atoms with Gasteiger partial charge in [-0.2, -0.15) is 0 Å². The van der Waals surface area contributed by atoms with E-state index in [0.717, 1.165) is 0 Å². The second kappa shape index (κ2) is 6.89. The Morgan fingerprint density at radius 1 is 1.43 bits per heavy atom. The van der Waals surface area contributed by atoms with E-state index in [9.17, 15) is 14.3 Å². The van der Waals surface area contributed by atoms with Crippen LogP contribution < -0.4 is 5.32 Å². The number of para-hydroxylation sites is 1. The molecule has 1 aliphatic rings. The van der Waals surface area contributed by atoms with E-state index in [0.29, 0.717) is 38.0 Å². The number of halogens is 1. The minimum absolute atomic E-state index is 0.126. The van der Waals surface area contributed by atoms with Crippen molar-refractivity contribution in [3.05, 3.63) is 30.1 Å². The molecular weight excluding hydrogens is 273 g/mol. The number of ether oxygens (including phenoxy) is 1. The first kappa shape index (κ1) is 15.8. The summed E-state index contributed by atoms with van der Waals surface area (Å²) in [6.45, 7) is 2.45. The van der Waals surface area contributed by atoms with Crippen molar-refractivity contribution in [1.29, 1.82) is 0 Å². The largest absolute Gasteiger partial charge is 0.466 e. The predicted molar refractivity (Wildman–Crippen MR) is 78.4 cm³/mol. The van der Waals surface area contributed by atoms with Crippen molar-refractivity contribution in [2.24, 2.45) is 5.92 Å². The summed E-state index contributed by atoms with van der Waals surface area (Å²) in [7, 11) is 0. The van der Waals surface area contributed by atoms with Crippen LogP contribution in [-0.2, 0) is 9.53 Å². The van der Waals surface area contributed by atoms with Gasteiger partial charge in [-0.1, -0.05) is 12.1 Å². The lowest BCUT2D eigenvalue weighted by atomic mass is 9.78. The molecule has 1 aliphatic carbocycles. The minimum Gasteiger partial charge on any atom is -0.466 e. The quantitative estimate of drug-likeness (QED) is 0.820. The Morgan fingerprint density at radius 3 is 2.71 bits per heavy atom. The van der Waals surface area contributed by atoms with Crippen LogP contribution in [0.5, 0.6) is 0 Å². The van der Waals surface area contributed by atoms with Crippen LogP contribution in [0.25, 0.3) is 0 Å². The fraction of sp³-hybridized carbons (Fsp3) is 0.562. The third-order valence-electron chi connectivity index (χ3n) is 4.02. The van der Waals surface area contributed by atoms with Gasteiger partial charge in [0.25, 0.3) is 0 Å². The van der Waals surface area contributed by atoms with Gasteiger partial charge in [0, 0.05) is 6.54 Å². The molecule has 116 valence electrons. The maximum atomic E-state index is 13.5. The Hall–Kier alpha value is -1.62. The molecule has 0 aromatic heterocycles. The summed E-state index contributed by atoms with van der Waals surface area (Å²) in [6.07, 6.45) is 2.23. The summed E-state index contributed by atoms with van der Waals surface area (Å²) in [4.78, 5) is 11.7. The van der Waals surface area contributed by atoms with E-state index in [1.807, 2.05) is 0 Å². The molecule has 0 bridgehead atoms. The zero-order chi connectivity index (χ0) is 15.3. The van der Waals surface area contributed by atoms with Crippen molar-refractivity contribution in [2.45, 2.75) is 38.2 Å². The SMILES string of the molecule is CCOC(=O)C1CCC(O)(CNc2ccccc2F)CC1. The molecule has 1 fully saturated rings. The van der Waals surface area contributed by atoms with Crippen molar-refractivity contribution in [1.82, 2.24) is 0 Å². The van der Waals surface area contributed by atoms with Crippen LogP contribution in [0.3, 0.4) is 0 Å². The highest BCUT2D eigenvalue weighted by Gasteiger charge is 2.36. The normalized spacial score (nSPS) is 25.4. The topological polar surface area (TPSA) is 58.6 Å². The maximum absolute atomic E-state index is 13.5. The Kier molecular flexibility index (Phi) is 5.17. The second-order valence-corrected chi connectivity index (χ2v) is 5.58. The molecule has 0 saturated heterocycles. The number of rotatable bonds is 5. The molecule has 2 rings (SSSR count). The summed E-state index contributed by atoms with van der Waals surface area (Å²) in [5.74, 6) is -0.637. The average molecular weight is 295 g/mol. The summed E-state index contributed by atoms with van der Waals surface area (Å²) in [5, 5.41) is 13.5. The number of carbonyl (C=O) groups excluding carboxylic acids is 1. The lowest BCUT2D eigenvalue weighted by Gasteiger charge is -2.35. The first-order valence-electron chi connectivity index (χ1n) is 7.41. The lowest BCUT2D eigenvalue weighted by molar-refractivity contribution is -0.150. The highest BCUT2D eigenvalue weighted by atomic mass is 19.1. The molecule has 1 saturated carbocycles. The van der Waals surface area contributed by atoms with Crippen molar-refractivity contribution in [2.75, 3.05) is 18.5 Å². The van der Waals surface area contributed by atoms with E-state index < -0.39 is 5.60 Å². The standard InChI is InChI=1S/C16H22FNO3/c1-2-21-15(19)12-7-9-16(20,10-8-12)11-18-14-6-4-3-5-13(14)17/h3-6,12,18,20H,2,7-11H2,1H3. The van der Waals surface area contributed by atoms with Crippen LogP contribution in [0.2, 0.25) is 0 Å². The molecule has 5 heteroatoms. The Morgan fingerprint density at radius 2 is 2.10 bits per heavy atom. The summed E-state index contributed by atoms with van der Waals surface area (Å²) >= 11 is 0. The van der Waals surface area contributed by atoms with Gasteiger partial charge in [-0.25, -0.2) is 4.39 Å². The molecule has 21 heavy (non-hydrogen) atoms. The third kappa shape index (κ3) is 4.17. The highest BCUT2D eigenvalue weighted by Crippen LogP contribution is 2.33. The number of anilines is 1. The fourth-order valence-corrected chi connectivity index (χ4v) is 2.69. The zero-order valence-corrected chi connectivity index (χ0v) is 12.3. The molecule has 4 nitrogen and oxygen atoms in total. The molecule has 0 spiro atoms. The van der Waals surface area contributed by atoms with Gasteiger partial charge in [-0.15, -0.1) is 0 Å². The van der Waals surface area contributed by atoms with E-state index in [1.165, 1.54) is 6.07 Å². The number of carbonyl (C=O) groups is 1. The summed E-state index contributed by atoms with van der Waals surface area (Å²) in [6, 6.07) is 6.39. The van der Waals surface area contributed by atoms with Crippen LogP contribution >= 0.6 is 0 Å². The first-order chi connectivity index (χ1) is 10.0. The molecule has 0 unspecified atom stereocenters. The number of benzene rings is 1. The van der Waals surface area contributed by atoms with Crippen molar-refractivity contribution >= 4 is 11.7 Å². The highest BCUT2D eigenvalue weighted by molar-refractivity contribution is 5.72. The number of nitrogens with one attached hydrogen (secondary N) is 1. The summed E-state index contributed by atoms with van der Waals surface area (Å²) in [5.41, 5.74) is -0.510. The third-order valence-corrected chi connectivity index (χ3v) is 4.02. The van der Waals surface area contributed by atoms with Crippen LogP contribution in [0.4, 0.5) is 10.1 Å². The van der Waals surface area contributed by atoms with Gasteiger partial charge in [-0.3, -0.25) is 4.79 Å². The van der Waals surface area contributed by atoms with Gasteiger partial charge in [0.05, 0.1) is 23.8 Å². The van der Waals surface area contributed by atoms with Crippen LogP contribution in [0, 0.1) is 11.7 Å². The molecule has 0 heterocycles. The molecule has 0 atom stereocenters. The maximum Gasteiger partial charge on any atom is 0.308 e. The number of hydrogen-bond acceptors (Lipinski definition) is 4. The van der Waals surface area contributed by atoms with Gasteiger partial charge >= 0.3 is 5.97 Å². The Bertz CT molecular complexity index is 484. The predicted octanol–water partition coefficient (Wildman–Crippen LogP) is 2.72. The smallest absolute Gasteiger partial charge is 0.308 e. The lowest BCUT2D eigenvalue weighted by Crippen LogP contribution is -2.42. The van der Waals surface area contributed by atoms with E-state index >= 15 is 0 Å². The van der Waals surface area contributed by atoms with Gasteiger partial charge in [-0.05, 0) is 44.7 Å². The second-order valence-electron chi connectivity index (χ2n) is 5.58. The van der Waals surface area contributed by atoms with E-state index in [2.05, 4.69) is 5.32 Å². The van der Waals surface area contributed by atoms with Crippen LogP contribution in [-0.4, -0.2) is 29.8 Å². The molecule has 0 radical (unpaired) electrons. The minimum atomic E-state index is -0.898. The van der Waals surface area contributed by atoms with Gasteiger partial charge in [0.1, 0.15) is 5.82 Å². The van der Waals surface area contributed by atoms with Crippen LogP contribution in [0.1, 0.15) is 32.6 Å². The fourth-order valence-electron chi connectivity index (χ4n) is 2.69. The van der Waals surface area contributed by atoms with Crippen molar-refractivity contribution < 1.29 is 19.0 Å². The average Bonchev–Trinajstić information content (AvgIpc) is 2.47. The molecule has 1 aromatic carbocycles. The first-order valence-corrected chi connectivity index (χ1v) is 7.41. The van der Waals surface area contributed by atoms with Crippen LogP contribution in [0.15, 0.2) is 24.3 Å². The number of hydrogen-bond donors (Lipinski definition) is 2. The van der Waals surface area contributed by atoms with Gasteiger partial charge in [0.2, 0.25) is 0 Å². The van der Waals surface area contributed by atoms with Gasteiger partial charge in [0.15, 0.2) is 0 Å². The van der Waals surface area contributed by atoms with E-state index in [4.69, 9.17) is 4.74 Å². The molecule has 2 N–H and O–H groups in total. The van der Waals surface area contributed by atoms with E-state index in [1.54, 1.807) is 25.1 Å². The van der Waals surface area contributed by atoms with E-state index in [-0.39, 0.29) is 24.2 Å². The van der Waals surface area contributed by atoms with Crippen molar-refractivity contribution in [3.63, 3.8) is 0 Å². The monoisotopic (exact) mass is 295 g/mol. The zero-order valence-electron chi connectivity index (χ0n) is 12.3. The van der Waals surface area contributed by atoms with Crippen molar-refractivity contribution in [3.8, 4) is 0 Å². The van der Waals surface area contributed by atoms with Gasteiger partial charge < -0.3 is 15.2 Å². The molecule has 1 aromatic rings. The molecular formula is C16H22FNO3. The molecule has 0 amide bonds. The number of aliphatic hydroxyl groups is 1. The summed E-state index contributed by atoms with van der Waals surface area (Å²) < 4.78 is 18.5. The Balaban J connectivity index is 1.85.